The summed E-state index contributed by atoms with van der Waals surface area (Å²) >= 11 is 0. The number of anilines is 1. The lowest BCUT2D eigenvalue weighted by atomic mass is 10.2. The van der Waals surface area contributed by atoms with Crippen molar-refractivity contribution in [1.29, 1.82) is 0 Å². The van der Waals surface area contributed by atoms with Gasteiger partial charge in [-0.05, 0) is 18.6 Å². The minimum absolute atomic E-state index is 0.0368. The number of amides is 1. The Hall–Kier alpha value is -2.16. The third kappa shape index (κ3) is 3.69. The van der Waals surface area contributed by atoms with Gasteiger partial charge in [0.15, 0.2) is 9.84 Å². The first-order chi connectivity index (χ1) is 9.78. The Balaban J connectivity index is 2.25. The molecular weight excluding hydrogens is 298 g/mol. The fourth-order valence-corrected chi connectivity index (χ4v) is 3.94. The van der Waals surface area contributed by atoms with Crippen LogP contribution in [0.5, 0.6) is 0 Å². The molecule has 0 saturated carbocycles. The van der Waals surface area contributed by atoms with Gasteiger partial charge in [0, 0.05) is 6.04 Å². The largest absolute Gasteiger partial charge is 0.480 e. The smallest absolute Gasteiger partial charge is 0.323 e. The number of pyridine rings is 1. The summed E-state index contributed by atoms with van der Waals surface area (Å²) in [6.07, 6.45) is 1.52. The monoisotopic (exact) mass is 313 g/mol. The summed E-state index contributed by atoms with van der Waals surface area (Å²) in [5.41, 5.74) is 5.89. The molecule has 1 unspecified atom stereocenters. The van der Waals surface area contributed by atoms with E-state index in [1.165, 1.54) is 18.3 Å². The normalized spacial score (nSPS) is 20.1. The van der Waals surface area contributed by atoms with Crippen LogP contribution < -0.4 is 5.73 Å². The van der Waals surface area contributed by atoms with Crippen molar-refractivity contribution < 1.29 is 23.1 Å². The molecule has 0 aliphatic carbocycles. The van der Waals surface area contributed by atoms with E-state index in [0.29, 0.717) is 5.69 Å². The molecule has 3 N–H and O–H groups in total. The Morgan fingerprint density at radius 1 is 1.43 bits per heavy atom. The molecule has 2 rings (SSSR count). The van der Waals surface area contributed by atoms with E-state index in [4.69, 9.17) is 10.8 Å². The number of carbonyl (C=O) groups excluding carboxylic acids is 1. The lowest BCUT2D eigenvalue weighted by Gasteiger charge is -2.26. The van der Waals surface area contributed by atoms with Gasteiger partial charge in [0.05, 0.1) is 23.4 Å². The second-order valence-electron chi connectivity index (χ2n) is 4.86. The Bertz CT molecular complexity index is 656. The first-order valence-electron chi connectivity index (χ1n) is 6.23. The standard InChI is InChI=1S/C12H15N3O5S/c13-8-1-2-10(14-5-8)12(18)15(6-11(16)17)9-3-4-21(19,20)7-9/h1-2,5,9H,3-4,6-7,13H2,(H,16,17). The van der Waals surface area contributed by atoms with Crippen LogP contribution in [0.1, 0.15) is 16.9 Å². The fourth-order valence-electron chi connectivity index (χ4n) is 2.21. The lowest BCUT2D eigenvalue weighted by molar-refractivity contribution is -0.138. The van der Waals surface area contributed by atoms with Crippen LogP contribution in [0.15, 0.2) is 18.3 Å². The van der Waals surface area contributed by atoms with E-state index >= 15 is 0 Å². The van der Waals surface area contributed by atoms with E-state index in [2.05, 4.69) is 4.98 Å². The van der Waals surface area contributed by atoms with E-state index in [1.54, 1.807) is 0 Å². The van der Waals surface area contributed by atoms with Crippen LogP contribution in [-0.2, 0) is 14.6 Å². The fraction of sp³-hybridized carbons (Fsp3) is 0.417. The van der Waals surface area contributed by atoms with Crippen molar-refractivity contribution in [1.82, 2.24) is 9.88 Å². The number of hydrogen-bond acceptors (Lipinski definition) is 6. The van der Waals surface area contributed by atoms with Crippen LogP contribution in [0, 0.1) is 0 Å². The molecule has 1 saturated heterocycles. The van der Waals surface area contributed by atoms with Crippen LogP contribution >= 0.6 is 0 Å². The number of rotatable bonds is 4. The molecular formula is C12H15N3O5S. The molecule has 21 heavy (non-hydrogen) atoms. The molecule has 114 valence electrons. The molecule has 0 aromatic carbocycles. The Morgan fingerprint density at radius 2 is 2.14 bits per heavy atom. The molecule has 1 aliphatic heterocycles. The second kappa shape index (κ2) is 5.68. The molecule has 2 heterocycles. The zero-order chi connectivity index (χ0) is 15.6. The number of nitrogen functional groups attached to an aromatic ring is 1. The van der Waals surface area contributed by atoms with Crippen molar-refractivity contribution in [2.75, 3.05) is 23.8 Å². The number of carboxylic acid groups (broad SMARTS) is 1. The highest BCUT2D eigenvalue weighted by Gasteiger charge is 2.36. The zero-order valence-electron chi connectivity index (χ0n) is 11.1. The highest BCUT2D eigenvalue weighted by atomic mass is 32.2. The van der Waals surface area contributed by atoms with Crippen molar-refractivity contribution >= 4 is 27.4 Å². The van der Waals surface area contributed by atoms with Crippen molar-refractivity contribution in [3.05, 3.63) is 24.0 Å². The highest BCUT2D eigenvalue weighted by molar-refractivity contribution is 7.91. The molecule has 1 aromatic heterocycles. The summed E-state index contributed by atoms with van der Waals surface area (Å²) in [6.45, 7) is -0.564. The molecule has 0 spiro atoms. The molecule has 1 aliphatic rings. The molecule has 0 radical (unpaired) electrons. The first kappa shape index (κ1) is 15.2. The van der Waals surface area contributed by atoms with Gasteiger partial charge in [-0.25, -0.2) is 13.4 Å². The van der Waals surface area contributed by atoms with Gasteiger partial charge in [0.25, 0.3) is 5.91 Å². The van der Waals surface area contributed by atoms with E-state index in [0.717, 1.165) is 4.90 Å². The van der Waals surface area contributed by atoms with E-state index in [9.17, 15) is 18.0 Å². The molecule has 0 bridgehead atoms. The van der Waals surface area contributed by atoms with Gasteiger partial charge in [0.1, 0.15) is 12.2 Å². The van der Waals surface area contributed by atoms with E-state index in [1.807, 2.05) is 0 Å². The van der Waals surface area contributed by atoms with Crippen molar-refractivity contribution in [2.45, 2.75) is 12.5 Å². The third-order valence-electron chi connectivity index (χ3n) is 3.22. The van der Waals surface area contributed by atoms with E-state index < -0.39 is 34.3 Å². The van der Waals surface area contributed by atoms with Crippen LogP contribution in [0.3, 0.4) is 0 Å². The SMILES string of the molecule is Nc1ccc(C(=O)N(CC(=O)O)C2CCS(=O)(=O)C2)nc1. The van der Waals surface area contributed by atoms with Crippen LogP contribution in [-0.4, -0.2) is 59.4 Å². The zero-order valence-corrected chi connectivity index (χ0v) is 11.9. The molecule has 1 fully saturated rings. The maximum Gasteiger partial charge on any atom is 0.323 e. The number of aromatic nitrogens is 1. The number of aliphatic carboxylic acids is 1. The summed E-state index contributed by atoms with van der Waals surface area (Å²) in [5, 5.41) is 8.93. The van der Waals surface area contributed by atoms with Crippen molar-refractivity contribution in [3.63, 3.8) is 0 Å². The summed E-state index contributed by atoms with van der Waals surface area (Å²) < 4.78 is 23.0. The van der Waals surface area contributed by atoms with Gasteiger partial charge in [-0.1, -0.05) is 0 Å². The molecule has 9 heteroatoms. The minimum atomic E-state index is -3.23. The number of carbonyl (C=O) groups is 2. The van der Waals surface area contributed by atoms with E-state index in [-0.39, 0.29) is 23.6 Å². The molecule has 8 nitrogen and oxygen atoms in total. The Labute approximate surface area is 121 Å². The number of hydrogen-bond donors (Lipinski definition) is 2. The summed E-state index contributed by atoms with van der Waals surface area (Å²) in [7, 11) is -3.23. The van der Waals surface area contributed by atoms with Gasteiger partial charge in [0.2, 0.25) is 0 Å². The molecule has 1 atom stereocenters. The van der Waals surface area contributed by atoms with Crippen molar-refractivity contribution in [2.24, 2.45) is 0 Å². The number of carboxylic acids is 1. The van der Waals surface area contributed by atoms with Gasteiger partial charge >= 0.3 is 5.97 Å². The number of sulfone groups is 1. The van der Waals surface area contributed by atoms with Crippen molar-refractivity contribution in [3.8, 4) is 0 Å². The van der Waals surface area contributed by atoms with Gasteiger partial charge in [-0.2, -0.15) is 0 Å². The maximum atomic E-state index is 12.4. The minimum Gasteiger partial charge on any atom is -0.480 e. The summed E-state index contributed by atoms with van der Waals surface area (Å²) in [4.78, 5) is 28.2. The number of nitrogens with zero attached hydrogens (tertiary/aromatic N) is 2. The van der Waals surface area contributed by atoms with Gasteiger partial charge in [-0.3, -0.25) is 9.59 Å². The summed E-state index contributed by atoms with van der Waals surface area (Å²) in [5.74, 6) is -2.08. The first-order valence-corrected chi connectivity index (χ1v) is 8.05. The van der Waals surface area contributed by atoms with Crippen LogP contribution in [0.2, 0.25) is 0 Å². The third-order valence-corrected chi connectivity index (χ3v) is 4.97. The predicted octanol–water partition coefficient (Wildman–Crippen LogP) is -0.622. The average Bonchev–Trinajstić information content (AvgIpc) is 2.76. The topological polar surface area (TPSA) is 131 Å². The summed E-state index contributed by atoms with van der Waals surface area (Å²) in [6, 6.07) is 2.22. The second-order valence-corrected chi connectivity index (χ2v) is 7.09. The quantitative estimate of drug-likeness (QED) is 0.757. The average molecular weight is 313 g/mol. The van der Waals surface area contributed by atoms with Gasteiger partial charge in [-0.15, -0.1) is 0 Å². The lowest BCUT2D eigenvalue weighted by Crippen LogP contribution is -2.44. The predicted molar refractivity (Wildman–Crippen MR) is 74.4 cm³/mol. The maximum absolute atomic E-state index is 12.4. The van der Waals surface area contributed by atoms with Gasteiger partial charge < -0.3 is 15.7 Å². The Morgan fingerprint density at radius 3 is 2.62 bits per heavy atom. The molecule has 1 amide bonds. The number of nitrogens with two attached hydrogens (primary N) is 1. The van der Waals surface area contributed by atoms with Crippen LogP contribution in [0.25, 0.3) is 0 Å². The Kier molecular flexibility index (Phi) is 4.12. The highest BCUT2D eigenvalue weighted by Crippen LogP contribution is 2.19. The van der Waals surface area contributed by atoms with Crippen LogP contribution in [0.4, 0.5) is 5.69 Å². The molecule has 1 aromatic rings.